The van der Waals surface area contributed by atoms with Crippen LogP contribution in [0.25, 0.3) is 28.6 Å². The van der Waals surface area contributed by atoms with Crippen molar-refractivity contribution in [1.29, 1.82) is 0 Å². The third-order valence-corrected chi connectivity index (χ3v) is 3.24. The smallest absolute Gasteiger partial charge is 0.164 e. The summed E-state index contributed by atoms with van der Waals surface area (Å²) in [5.74, 6) is 0.802. The van der Waals surface area contributed by atoms with Gasteiger partial charge in [0.2, 0.25) is 0 Å². The van der Waals surface area contributed by atoms with E-state index in [0.29, 0.717) is 0 Å². The highest BCUT2D eigenvalue weighted by Crippen LogP contribution is 2.13. The fourth-order valence-electron chi connectivity index (χ4n) is 2.50. The molecule has 0 radical (unpaired) electrons. The van der Waals surface area contributed by atoms with Gasteiger partial charge >= 0.3 is 0 Å². The average Bonchev–Trinajstić information content (AvgIpc) is 2.78. The molecule has 0 bridgehead atoms. The van der Waals surface area contributed by atoms with Crippen molar-refractivity contribution in [3.8, 4) is 0 Å². The summed E-state index contributed by atoms with van der Waals surface area (Å²) < 4.78 is 1.94. The maximum atomic E-state index is 4.54. The summed E-state index contributed by atoms with van der Waals surface area (Å²) in [7, 11) is 0. The molecule has 3 rings (SSSR count). The van der Waals surface area contributed by atoms with Crippen LogP contribution in [0.15, 0.2) is 24.3 Å². The van der Waals surface area contributed by atoms with Gasteiger partial charge in [0, 0.05) is 10.6 Å². The molecule has 3 aromatic rings. The molecule has 0 N–H and O–H groups in total. The van der Waals surface area contributed by atoms with Crippen LogP contribution in [-0.4, -0.2) is 14.6 Å². The maximum Gasteiger partial charge on any atom is 0.164 e. The molecule has 0 unspecified atom stereocenters. The number of rotatable bonds is 0. The fraction of sp³-hybridized carbons (Fsp3) is 0.200. The maximum absolute atomic E-state index is 4.54. The zero-order chi connectivity index (χ0) is 12.7. The lowest BCUT2D eigenvalue weighted by molar-refractivity contribution is 0.898. The van der Waals surface area contributed by atoms with Crippen molar-refractivity contribution < 1.29 is 0 Å². The highest BCUT2D eigenvalue weighted by Gasteiger charge is 2.07. The Morgan fingerprint density at radius 1 is 1.06 bits per heavy atom. The summed E-state index contributed by atoms with van der Waals surface area (Å²) in [5, 5.41) is 9.19. The van der Waals surface area contributed by atoms with Crippen LogP contribution < -0.4 is 10.6 Å². The second-order valence-corrected chi connectivity index (χ2v) is 4.32. The summed E-state index contributed by atoms with van der Waals surface area (Å²) in [6.45, 7) is 6.02. The minimum atomic E-state index is 0.802. The Morgan fingerprint density at radius 3 is 2.44 bits per heavy atom. The minimum absolute atomic E-state index is 0.802. The Bertz CT molecular complexity index is 857. The lowest BCUT2D eigenvalue weighted by atomic mass is 10.1. The van der Waals surface area contributed by atoms with E-state index in [0.717, 1.165) is 22.2 Å². The van der Waals surface area contributed by atoms with Crippen molar-refractivity contribution in [2.24, 2.45) is 0 Å². The first-order chi connectivity index (χ1) is 8.76. The van der Waals surface area contributed by atoms with Crippen molar-refractivity contribution in [3.05, 3.63) is 40.7 Å². The van der Waals surface area contributed by atoms with Gasteiger partial charge in [-0.15, -0.1) is 0 Å². The van der Waals surface area contributed by atoms with Crippen LogP contribution >= 0.6 is 0 Å². The van der Waals surface area contributed by atoms with Crippen molar-refractivity contribution in [2.45, 2.75) is 20.8 Å². The van der Waals surface area contributed by atoms with Crippen molar-refractivity contribution >= 4 is 28.6 Å². The van der Waals surface area contributed by atoms with E-state index >= 15 is 0 Å². The first-order valence-electron chi connectivity index (χ1n) is 6.13. The van der Waals surface area contributed by atoms with E-state index in [4.69, 9.17) is 0 Å². The molecule has 2 heterocycles. The van der Waals surface area contributed by atoms with Crippen LogP contribution in [0, 0.1) is 6.92 Å². The Balaban J connectivity index is 2.80. The summed E-state index contributed by atoms with van der Waals surface area (Å²) in [4.78, 5) is 4.54. The zero-order valence-electron chi connectivity index (χ0n) is 10.8. The van der Waals surface area contributed by atoms with Crippen LogP contribution in [0.1, 0.15) is 19.7 Å². The van der Waals surface area contributed by atoms with Crippen molar-refractivity contribution in [3.63, 3.8) is 0 Å². The van der Waals surface area contributed by atoms with Gasteiger partial charge < -0.3 is 0 Å². The van der Waals surface area contributed by atoms with Gasteiger partial charge in [0.05, 0.1) is 5.35 Å². The standard InChI is InChI=1S/C15H15N3/c1-4-11-12-8-6-7-9-13(12)15-16-10(3)17-18(15)14(11)5-2/h4-9H,1-3H3/b11-4-,14-5+. The topological polar surface area (TPSA) is 30.2 Å². The van der Waals surface area contributed by atoms with E-state index in [1.807, 2.05) is 24.4 Å². The zero-order valence-corrected chi connectivity index (χ0v) is 10.8. The molecule has 0 aliphatic heterocycles. The normalized spacial score (nSPS) is 13.9. The van der Waals surface area contributed by atoms with E-state index in [2.05, 4.69) is 47.4 Å². The number of aromatic nitrogens is 3. The number of nitrogens with zero attached hydrogens (tertiary/aromatic N) is 3. The number of benzene rings is 1. The molecular formula is C15H15N3. The van der Waals surface area contributed by atoms with E-state index < -0.39 is 0 Å². The van der Waals surface area contributed by atoms with Crippen molar-refractivity contribution in [2.75, 3.05) is 0 Å². The highest BCUT2D eigenvalue weighted by molar-refractivity contribution is 5.94. The molecule has 18 heavy (non-hydrogen) atoms. The highest BCUT2D eigenvalue weighted by atomic mass is 15.3. The van der Waals surface area contributed by atoms with Gasteiger partial charge in [-0.3, -0.25) is 0 Å². The minimum Gasteiger partial charge on any atom is -0.213 e. The molecular weight excluding hydrogens is 222 g/mol. The molecule has 0 atom stereocenters. The Hall–Kier alpha value is -2.16. The van der Waals surface area contributed by atoms with Crippen LogP contribution in [0.2, 0.25) is 0 Å². The van der Waals surface area contributed by atoms with Gasteiger partial charge in [-0.25, -0.2) is 9.50 Å². The molecule has 1 aromatic carbocycles. The van der Waals surface area contributed by atoms with Gasteiger partial charge in [0.15, 0.2) is 5.65 Å². The lowest BCUT2D eigenvalue weighted by Crippen LogP contribution is -2.32. The predicted molar refractivity (Wildman–Crippen MR) is 74.8 cm³/mol. The monoisotopic (exact) mass is 237 g/mol. The average molecular weight is 237 g/mol. The summed E-state index contributed by atoms with van der Waals surface area (Å²) in [6.07, 6.45) is 4.22. The molecule has 2 aromatic heterocycles. The third-order valence-electron chi connectivity index (χ3n) is 3.24. The van der Waals surface area contributed by atoms with E-state index in [9.17, 15) is 0 Å². The van der Waals surface area contributed by atoms with Gasteiger partial charge in [0.25, 0.3) is 0 Å². The Kier molecular flexibility index (Phi) is 2.40. The first kappa shape index (κ1) is 11.0. The van der Waals surface area contributed by atoms with Crippen LogP contribution in [0.4, 0.5) is 0 Å². The van der Waals surface area contributed by atoms with Crippen LogP contribution in [-0.2, 0) is 0 Å². The predicted octanol–water partition coefficient (Wildman–Crippen LogP) is 1.79. The first-order valence-corrected chi connectivity index (χ1v) is 6.13. The molecule has 0 saturated carbocycles. The van der Waals surface area contributed by atoms with E-state index in [-0.39, 0.29) is 0 Å². The summed E-state index contributed by atoms with van der Waals surface area (Å²) in [6, 6.07) is 8.35. The number of hydrogen-bond acceptors (Lipinski definition) is 2. The number of pyridine rings is 1. The van der Waals surface area contributed by atoms with Gasteiger partial charge in [-0.2, -0.15) is 5.10 Å². The quantitative estimate of drug-likeness (QED) is 0.596. The lowest BCUT2D eigenvalue weighted by Gasteiger charge is -2.02. The fourth-order valence-corrected chi connectivity index (χ4v) is 2.50. The molecule has 3 nitrogen and oxygen atoms in total. The molecule has 90 valence electrons. The second kappa shape index (κ2) is 3.95. The third kappa shape index (κ3) is 1.37. The summed E-state index contributed by atoms with van der Waals surface area (Å²) in [5.41, 5.74) is 0.932. The SMILES string of the molecule is C/C=c1\c(=C/C)n2nc(C)nc2c2ccccc12. The summed E-state index contributed by atoms with van der Waals surface area (Å²) >= 11 is 0. The second-order valence-electron chi connectivity index (χ2n) is 4.32. The largest absolute Gasteiger partial charge is 0.213 e. The van der Waals surface area contributed by atoms with Crippen molar-refractivity contribution in [1.82, 2.24) is 14.6 Å². The molecule has 0 amide bonds. The molecule has 0 aliphatic carbocycles. The van der Waals surface area contributed by atoms with Crippen LogP contribution in [0.5, 0.6) is 0 Å². The van der Waals surface area contributed by atoms with Crippen LogP contribution in [0.3, 0.4) is 0 Å². The van der Waals surface area contributed by atoms with Gasteiger partial charge in [-0.05, 0) is 26.2 Å². The molecule has 0 aliphatic rings. The number of hydrogen-bond donors (Lipinski definition) is 0. The van der Waals surface area contributed by atoms with Gasteiger partial charge in [0.1, 0.15) is 5.82 Å². The Labute approximate surface area is 105 Å². The number of fused-ring (bicyclic) bond motifs is 3. The number of aryl methyl sites for hydroxylation is 1. The van der Waals surface area contributed by atoms with E-state index in [1.165, 1.54) is 10.6 Å². The Morgan fingerprint density at radius 2 is 1.78 bits per heavy atom. The molecule has 0 saturated heterocycles. The molecule has 0 spiro atoms. The molecule has 0 fully saturated rings. The van der Waals surface area contributed by atoms with Gasteiger partial charge in [-0.1, -0.05) is 36.4 Å². The van der Waals surface area contributed by atoms with E-state index in [1.54, 1.807) is 0 Å². The molecule has 3 heteroatoms.